The molecule has 1 unspecified atom stereocenters. The molecular formula is C16H28N2. The van der Waals surface area contributed by atoms with Crippen LogP contribution in [0.5, 0.6) is 0 Å². The van der Waals surface area contributed by atoms with Crippen molar-refractivity contribution in [3.63, 3.8) is 0 Å². The molecule has 2 heteroatoms. The topological polar surface area (TPSA) is 24.1 Å². The lowest BCUT2D eigenvalue weighted by atomic mass is 9.98. The summed E-state index contributed by atoms with van der Waals surface area (Å²) in [6.45, 7) is 10.00. The summed E-state index contributed by atoms with van der Waals surface area (Å²) in [4.78, 5) is 0. The van der Waals surface area contributed by atoms with Crippen LogP contribution in [-0.2, 0) is 13.0 Å². The molecule has 0 saturated heterocycles. The highest BCUT2D eigenvalue weighted by atomic mass is 14.9. The molecule has 1 rings (SSSR count). The third kappa shape index (κ3) is 5.19. The summed E-state index contributed by atoms with van der Waals surface area (Å²) in [7, 11) is 2.01. The lowest BCUT2D eigenvalue weighted by molar-refractivity contribution is 0.392. The van der Waals surface area contributed by atoms with Gasteiger partial charge < -0.3 is 10.6 Å². The van der Waals surface area contributed by atoms with Gasteiger partial charge in [0, 0.05) is 6.54 Å². The van der Waals surface area contributed by atoms with Crippen molar-refractivity contribution in [2.45, 2.75) is 33.7 Å². The zero-order valence-corrected chi connectivity index (χ0v) is 12.3. The first-order chi connectivity index (χ1) is 8.65. The number of hydrogen-bond acceptors (Lipinski definition) is 2. The second-order valence-corrected chi connectivity index (χ2v) is 5.47. The van der Waals surface area contributed by atoms with E-state index in [9.17, 15) is 0 Å². The average molecular weight is 248 g/mol. The Kier molecular flexibility index (Phi) is 6.99. The third-order valence-corrected chi connectivity index (χ3v) is 3.68. The maximum absolute atomic E-state index is 3.58. The fourth-order valence-electron chi connectivity index (χ4n) is 1.90. The Morgan fingerprint density at radius 1 is 1.06 bits per heavy atom. The first-order valence-corrected chi connectivity index (χ1v) is 7.07. The predicted molar refractivity (Wildman–Crippen MR) is 79.8 cm³/mol. The van der Waals surface area contributed by atoms with E-state index in [1.54, 1.807) is 0 Å². The standard InChI is InChI=1S/C16H28N2/c1-13(2)14(3)11-18-12-16-8-6-5-7-15(16)9-10-17-4/h5-8,13-14,17-18H,9-12H2,1-4H3. The van der Waals surface area contributed by atoms with Crippen molar-refractivity contribution in [2.75, 3.05) is 20.1 Å². The predicted octanol–water partition coefficient (Wildman–Crippen LogP) is 2.83. The monoisotopic (exact) mass is 248 g/mol. The van der Waals surface area contributed by atoms with Gasteiger partial charge in [-0.05, 0) is 49.5 Å². The second kappa shape index (κ2) is 8.28. The molecule has 0 aliphatic heterocycles. The van der Waals surface area contributed by atoms with Crippen LogP contribution in [0.2, 0.25) is 0 Å². The summed E-state index contributed by atoms with van der Waals surface area (Å²) in [5.74, 6) is 1.48. The van der Waals surface area contributed by atoms with E-state index in [-0.39, 0.29) is 0 Å². The highest BCUT2D eigenvalue weighted by Crippen LogP contribution is 2.11. The second-order valence-electron chi connectivity index (χ2n) is 5.47. The molecule has 0 fully saturated rings. The minimum Gasteiger partial charge on any atom is -0.319 e. The average Bonchev–Trinajstić information content (AvgIpc) is 2.37. The molecule has 0 aliphatic rings. The van der Waals surface area contributed by atoms with E-state index in [1.807, 2.05) is 7.05 Å². The van der Waals surface area contributed by atoms with Crippen LogP contribution in [0.1, 0.15) is 31.9 Å². The van der Waals surface area contributed by atoms with Crippen LogP contribution >= 0.6 is 0 Å². The van der Waals surface area contributed by atoms with Crippen LogP contribution < -0.4 is 10.6 Å². The van der Waals surface area contributed by atoms with Gasteiger partial charge in [0.1, 0.15) is 0 Å². The Labute approximate surface area is 112 Å². The first-order valence-electron chi connectivity index (χ1n) is 7.07. The Morgan fingerprint density at radius 3 is 2.33 bits per heavy atom. The highest BCUT2D eigenvalue weighted by Gasteiger charge is 2.07. The number of benzene rings is 1. The molecule has 0 amide bonds. The van der Waals surface area contributed by atoms with Crippen molar-refractivity contribution < 1.29 is 0 Å². The molecular weight excluding hydrogens is 220 g/mol. The minimum atomic E-state index is 0.731. The number of rotatable bonds is 8. The van der Waals surface area contributed by atoms with E-state index in [0.29, 0.717) is 0 Å². The normalized spacial score (nSPS) is 12.9. The van der Waals surface area contributed by atoms with E-state index >= 15 is 0 Å². The van der Waals surface area contributed by atoms with Gasteiger partial charge in [-0.1, -0.05) is 45.0 Å². The number of nitrogens with one attached hydrogen (secondary N) is 2. The van der Waals surface area contributed by atoms with E-state index in [2.05, 4.69) is 55.7 Å². The van der Waals surface area contributed by atoms with Gasteiger partial charge in [0.15, 0.2) is 0 Å². The van der Waals surface area contributed by atoms with Crippen LogP contribution in [0.3, 0.4) is 0 Å². The van der Waals surface area contributed by atoms with Crippen molar-refractivity contribution >= 4 is 0 Å². The fraction of sp³-hybridized carbons (Fsp3) is 0.625. The molecule has 0 aromatic heterocycles. The van der Waals surface area contributed by atoms with Crippen molar-refractivity contribution in [3.8, 4) is 0 Å². The zero-order chi connectivity index (χ0) is 13.4. The third-order valence-electron chi connectivity index (χ3n) is 3.68. The highest BCUT2D eigenvalue weighted by molar-refractivity contribution is 5.27. The smallest absolute Gasteiger partial charge is 0.0208 e. The summed E-state index contributed by atoms with van der Waals surface area (Å²) >= 11 is 0. The summed E-state index contributed by atoms with van der Waals surface area (Å²) in [6, 6.07) is 8.73. The molecule has 1 aromatic rings. The fourth-order valence-corrected chi connectivity index (χ4v) is 1.90. The van der Waals surface area contributed by atoms with Crippen LogP contribution in [0.4, 0.5) is 0 Å². The van der Waals surface area contributed by atoms with E-state index in [1.165, 1.54) is 11.1 Å². The lowest BCUT2D eigenvalue weighted by Crippen LogP contribution is -2.24. The summed E-state index contributed by atoms with van der Waals surface area (Å²) in [5, 5.41) is 6.79. The molecule has 0 spiro atoms. The van der Waals surface area contributed by atoms with Gasteiger partial charge in [0.2, 0.25) is 0 Å². The van der Waals surface area contributed by atoms with E-state index < -0.39 is 0 Å². The van der Waals surface area contributed by atoms with Crippen LogP contribution in [0.25, 0.3) is 0 Å². The quantitative estimate of drug-likeness (QED) is 0.739. The SMILES string of the molecule is CNCCc1ccccc1CNCC(C)C(C)C. The molecule has 2 N–H and O–H groups in total. The van der Waals surface area contributed by atoms with Crippen molar-refractivity contribution in [1.29, 1.82) is 0 Å². The van der Waals surface area contributed by atoms with Crippen molar-refractivity contribution in [2.24, 2.45) is 11.8 Å². The Bertz CT molecular complexity index is 334. The molecule has 0 radical (unpaired) electrons. The molecule has 102 valence electrons. The Hall–Kier alpha value is -0.860. The number of likely N-dealkylation sites (N-methyl/N-ethyl adjacent to an activating group) is 1. The van der Waals surface area contributed by atoms with Crippen LogP contribution in [0.15, 0.2) is 24.3 Å². The maximum Gasteiger partial charge on any atom is 0.0208 e. The largest absolute Gasteiger partial charge is 0.319 e. The molecule has 0 bridgehead atoms. The van der Waals surface area contributed by atoms with Gasteiger partial charge in [-0.15, -0.1) is 0 Å². The van der Waals surface area contributed by atoms with E-state index in [4.69, 9.17) is 0 Å². The molecule has 2 nitrogen and oxygen atoms in total. The van der Waals surface area contributed by atoms with Crippen molar-refractivity contribution in [3.05, 3.63) is 35.4 Å². The van der Waals surface area contributed by atoms with Crippen molar-refractivity contribution in [1.82, 2.24) is 10.6 Å². The summed E-state index contributed by atoms with van der Waals surface area (Å²) < 4.78 is 0. The molecule has 0 heterocycles. The molecule has 18 heavy (non-hydrogen) atoms. The Balaban J connectivity index is 2.45. The van der Waals surface area contributed by atoms with Crippen LogP contribution in [-0.4, -0.2) is 20.1 Å². The Morgan fingerprint density at radius 2 is 1.72 bits per heavy atom. The number of hydrogen-bond donors (Lipinski definition) is 2. The molecule has 1 aromatic carbocycles. The van der Waals surface area contributed by atoms with Gasteiger partial charge in [0.05, 0.1) is 0 Å². The summed E-state index contributed by atoms with van der Waals surface area (Å²) in [6.07, 6.45) is 1.11. The van der Waals surface area contributed by atoms with Gasteiger partial charge in [0.25, 0.3) is 0 Å². The van der Waals surface area contributed by atoms with Gasteiger partial charge >= 0.3 is 0 Å². The maximum atomic E-state index is 3.58. The van der Waals surface area contributed by atoms with Gasteiger partial charge in [-0.3, -0.25) is 0 Å². The zero-order valence-electron chi connectivity index (χ0n) is 12.3. The molecule has 1 atom stereocenters. The van der Waals surface area contributed by atoms with Gasteiger partial charge in [-0.2, -0.15) is 0 Å². The molecule has 0 aliphatic carbocycles. The first kappa shape index (κ1) is 15.2. The van der Waals surface area contributed by atoms with E-state index in [0.717, 1.165) is 37.9 Å². The summed E-state index contributed by atoms with van der Waals surface area (Å²) in [5.41, 5.74) is 2.89. The molecule has 0 saturated carbocycles. The minimum absolute atomic E-state index is 0.731. The van der Waals surface area contributed by atoms with Gasteiger partial charge in [-0.25, -0.2) is 0 Å². The lowest BCUT2D eigenvalue weighted by Gasteiger charge is -2.17. The van der Waals surface area contributed by atoms with Crippen LogP contribution in [0, 0.1) is 11.8 Å².